The van der Waals surface area contributed by atoms with E-state index in [1.165, 1.54) is 0 Å². The number of carbonyl (C=O) groups excluding carboxylic acids is 3. The largest absolute Gasteiger partial charge is 0.382 e. The van der Waals surface area contributed by atoms with Gasteiger partial charge in [-0.15, -0.1) is 0 Å². The molecule has 32 heavy (non-hydrogen) atoms. The van der Waals surface area contributed by atoms with Crippen LogP contribution in [0.4, 0.5) is 11.4 Å². The molecule has 0 aliphatic carbocycles. The number of para-hydroxylation sites is 2. The quantitative estimate of drug-likeness (QED) is 0.634. The number of benzene rings is 3. The van der Waals surface area contributed by atoms with Crippen LogP contribution >= 0.6 is 0 Å². The number of rotatable bonds is 4. The number of nitrogens with one attached hydrogen (secondary N) is 1. The average Bonchev–Trinajstić information content (AvgIpc) is 3.05. The molecule has 2 heterocycles. The van der Waals surface area contributed by atoms with E-state index in [9.17, 15) is 14.4 Å². The third-order valence-corrected chi connectivity index (χ3v) is 6.08. The van der Waals surface area contributed by atoms with E-state index in [1.807, 2.05) is 54.6 Å². The summed E-state index contributed by atoms with van der Waals surface area (Å²) < 4.78 is 0. The van der Waals surface area contributed by atoms with Crippen LogP contribution in [-0.4, -0.2) is 35.2 Å². The van der Waals surface area contributed by atoms with Crippen LogP contribution in [0.25, 0.3) is 0 Å². The van der Waals surface area contributed by atoms with Gasteiger partial charge in [0.25, 0.3) is 11.8 Å². The molecule has 1 N–H and O–H groups in total. The van der Waals surface area contributed by atoms with Crippen molar-refractivity contribution in [1.29, 1.82) is 0 Å². The second-order valence-corrected chi connectivity index (χ2v) is 8.23. The maximum absolute atomic E-state index is 13.7. The second-order valence-electron chi connectivity index (χ2n) is 8.23. The fourth-order valence-corrected chi connectivity index (χ4v) is 4.63. The van der Waals surface area contributed by atoms with Crippen molar-refractivity contribution in [3.05, 3.63) is 95.6 Å². The first-order valence-electron chi connectivity index (χ1n) is 10.7. The minimum atomic E-state index is -0.425. The molecular formula is C26H23N3O3. The molecule has 0 radical (unpaired) electrons. The number of fused-ring (bicyclic) bond motifs is 2. The van der Waals surface area contributed by atoms with E-state index in [-0.39, 0.29) is 24.5 Å². The first-order valence-corrected chi connectivity index (χ1v) is 10.7. The van der Waals surface area contributed by atoms with Gasteiger partial charge in [-0.1, -0.05) is 48.5 Å². The second kappa shape index (κ2) is 7.96. The van der Waals surface area contributed by atoms with Crippen molar-refractivity contribution in [1.82, 2.24) is 4.90 Å². The van der Waals surface area contributed by atoms with Gasteiger partial charge in [-0.05, 0) is 49.2 Å². The maximum atomic E-state index is 13.7. The summed E-state index contributed by atoms with van der Waals surface area (Å²) in [5.74, 6) is -1.14. The molecule has 3 amide bonds. The Morgan fingerprint density at radius 2 is 1.50 bits per heavy atom. The average molecular weight is 425 g/mol. The number of imide groups is 1. The van der Waals surface area contributed by atoms with Crippen molar-refractivity contribution in [2.45, 2.75) is 25.4 Å². The summed E-state index contributed by atoms with van der Waals surface area (Å²) in [6, 6.07) is 24.0. The van der Waals surface area contributed by atoms with Crippen LogP contribution in [0.5, 0.6) is 0 Å². The molecule has 160 valence electrons. The standard InChI is InChI=1S/C26H23N3O3/c1-17-15-23(21-13-7-8-14-22(21)27-17)29(18-9-3-2-4-10-18)24(30)16-28-25(31)19-11-5-6-12-20(19)26(28)32/h2-14,17,23,27H,15-16H2,1H3/t17-,23-/m1/s1. The lowest BCUT2D eigenvalue weighted by atomic mass is 9.91. The fourth-order valence-electron chi connectivity index (χ4n) is 4.63. The van der Waals surface area contributed by atoms with Gasteiger partial charge in [0.15, 0.2) is 0 Å². The van der Waals surface area contributed by atoms with E-state index in [4.69, 9.17) is 0 Å². The molecule has 3 aromatic carbocycles. The Labute approximate surface area is 186 Å². The third-order valence-electron chi connectivity index (χ3n) is 6.08. The Bertz CT molecular complexity index is 1170. The third kappa shape index (κ3) is 3.34. The number of hydrogen-bond acceptors (Lipinski definition) is 4. The summed E-state index contributed by atoms with van der Waals surface area (Å²) in [6.45, 7) is 1.78. The maximum Gasteiger partial charge on any atom is 0.262 e. The van der Waals surface area contributed by atoms with E-state index in [1.54, 1.807) is 29.2 Å². The number of amides is 3. The Morgan fingerprint density at radius 1 is 0.906 bits per heavy atom. The van der Waals surface area contributed by atoms with E-state index < -0.39 is 11.8 Å². The first kappa shape index (κ1) is 20.0. The fraction of sp³-hybridized carbons (Fsp3) is 0.192. The summed E-state index contributed by atoms with van der Waals surface area (Å²) in [5, 5.41) is 3.48. The van der Waals surface area contributed by atoms with Crippen molar-refractivity contribution in [3.63, 3.8) is 0 Å². The summed E-state index contributed by atoms with van der Waals surface area (Å²) in [6.07, 6.45) is 0.708. The van der Waals surface area contributed by atoms with Crippen molar-refractivity contribution in [2.75, 3.05) is 16.8 Å². The lowest BCUT2D eigenvalue weighted by Crippen LogP contribution is -2.46. The van der Waals surface area contributed by atoms with E-state index >= 15 is 0 Å². The zero-order chi connectivity index (χ0) is 22.2. The van der Waals surface area contributed by atoms with Crippen LogP contribution in [0, 0.1) is 0 Å². The normalized spacial score (nSPS) is 19.2. The molecule has 6 heteroatoms. The van der Waals surface area contributed by atoms with Crippen molar-refractivity contribution < 1.29 is 14.4 Å². The Hall–Kier alpha value is -3.93. The molecule has 0 saturated carbocycles. The summed E-state index contributed by atoms with van der Waals surface area (Å²) >= 11 is 0. The molecular weight excluding hydrogens is 402 g/mol. The molecule has 5 rings (SSSR count). The van der Waals surface area contributed by atoms with Gasteiger partial charge < -0.3 is 10.2 Å². The van der Waals surface area contributed by atoms with Crippen LogP contribution in [0.1, 0.15) is 45.7 Å². The van der Waals surface area contributed by atoms with Crippen molar-refractivity contribution in [3.8, 4) is 0 Å². The van der Waals surface area contributed by atoms with Crippen LogP contribution < -0.4 is 10.2 Å². The summed E-state index contributed by atoms with van der Waals surface area (Å²) in [5.41, 5.74) is 3.44. The van der Waals surface area contributed by atoms with E-state index in [0.717, 1.165) is 21.8 Å². The van der Waals surface area contributed by atoms with Crippen LogP contribution in [0.3, 0.4) is 0 Å². The molecule has 0 unspecified atom stereocenters. The minimum absolute atomic E-state index is 0.160. The predicted octanol–water partition coefficient (Wildman–Crippen LogP) is 4.26. The van der Waals surface area contributed by atoms with Gasteiger partial charge in [-0.25, -0.2) is 0 Å². The number of anilines is 2. The van der Waals surface area contributed by atoms with Gasteiger partial charge in [-0.2, -0.15) is 0 Å². The topological polar surface area (TPSA) is 69.7 Å². The van der Waals surface area contributed by atoms with Gasteiger partial charge in [0, 0.05) is 17.4 Å². The molecule has 6 nitrogen and oxygen atoms in total. The highest BCUT2D eigenvalue weighted by molar-refractivity contribution is 6.22. The molecule has 0 saturated heterocycles. The lowest BCUT2D eigenvalue weighted by Gasteiger charge is -2.39. The van der Waals surface area contributed by atoms with Crippen LogP contribution in [0.2, 0.25) is 0 Å². The summed E-state index contributed by atoms with van der Waals surface area (Å²) in [7, 11) is 0. The lowest BCUT2D eigenvalue weighted by molar-refractivity contribution is -0.119. The highest BCUT2D eigenvalue weighted by atomic mass is 16.2. The van der Waals surface area contributed by atoms with Crippen molar-refractivity contribution >= 4 is 29.1 Å². The van der Waals surface area contributed by atoms with Crippen LogP contribution in [0.15, 0.2) is 78.9 Å². The SMILES string of the molecule is C[C@@H]1C[C@@H](N(C(=O)CN2C(=O)c3ccccc3C2=O)c2ccccc2)c2ccccc2N1. The molecule has 0 aromatic heterocycles. The Kier molecular flexibility index (Phi) is 4.98. The molecule has 2 atom stereocenters. The van der Waals surface area contributed by atoms with E-state index in [0.29, 0.717) is 17.5 Å². The molecule has 2 aliphatic heterocycles. The summed E-state index contributed by atoms with van der Waals surface area (Å²) in [4.78, 5) is 42.2. The number of hydrogen-bond donors (Lipinski definition) is 1. The van der Waals surface area contributed by atoms with Gasteiger partial charge in [0.2, 0.25) is 5.91 Å². The predicted molar refractivity (Wildman–Crippen MR) is 123 cm³/mol. The smallest absolute Gasteiger partial charge is 0.262 e. The monoisotopic (exact) mass is 425 g/mol. The van der Waals surface area contributed by atoms with E-state index in [2.05, 4.69) is 12.2 Å². The zero-order valence-corrected chi connectivity index (χ0v) is 17.7. The minimum Gasteiger partial charge on any atom is -0.382 e. The van der Waals surface area contributed by atoms with Gasteiger partial charge in [0.1, 0.15) is 6.54 Å². The molecule has 0 bridgehead atoms. The highest BCUT2D eigenvalue weighted by Crippen LogP contribution is 2.39. The number of nitrogens with zero attached hydrogens (tertiary/aromatic N) is 2. The van der Waals surface area contributed by atoms with Gasteiger partial charge in [-0.3, -0.25) is 19.3 Å². The Morgan fingerprint density at radius 3 is 2.19 bits per heavy atom. The van der Waals surface area contributed by atoms with Gasteiger partial charge in [0.05, 0.1) is 17.2 Å². The first-order chi connectivity index (χ1) is 15.5. The molecule has 3 aromatic rings. The number of carbonyl (C=O) groups is 3. The molecule has 0 fully saturated rings. The molecule has 2 aliphatic rings. The van der Waals surface area contributed by atoms with Crippen molar-refractivity contribution in [2.24, 2.45) is 0 Å². The van der Waals surface area contributed by atoms with Gasteiger partial charge >= 0.3 is 0 Å². The Balaban J connectivity index is 1.51. The zero-order valence-electron chi connectivity index (χ0n) is 17.7. The highest BCUT2D eigenvalue weighted by Gasteiger charge is 2.39. The van der Waals surface area contributed by atoms with Crippen LogP contribution in [-0.2, 0) is 4.79 Å². The molecule has 0 spiro atoms.